The molecule has 1 aliphatic carbocycles. The Kier molecular flexibility index (Phi) is 5.09. The monoisotopic (exact) mass is 382 g/mol. The third-order valence-electron chi connectivity index (χ3n) is 5.89. The highest BCUT2D eigenvalue weighted by Gasteiger charge is 2.19. The summed E-state index contributed by atoms with van der Waals surface area (Å²) in [6, 6.07) is 9.15. The summed E-state index contributed by atoms with van der Waals surface area (Å²) in [6.45, 7) is 4.19. The number of aryl methyl sites for hydroxylation is 3. The number of hydrogen-bond acceptors (Lipinski definition) is 3. The molecule has 0 bridgehead atoms. The van der Waals surface area contributed by atoms with Crippen LogP contribution in [0.15, 0.2) is 24.3 Å². The molecule has 4 nitrogen and oxygen atoms in total. The molecule has 3 aromatic rings. The second-order valence-electron chi connectivity index (χ2n) is 7.78. The van der Waals surface area contributed by atoms with E-state index < -0.39 is 0 Å². The predicted octanol–water partition coefficient (Wildman–Crippen LogP) is 5.22. The molecule has 0 unspecified atom stereocenters. The summed E-state index contributed by atoms with van der Waals surface area (Å²) >= 11 is 0. The maximum atomic E-state index is 4.79. The Balaban J connectivity index is 0.00000180. The van der Waals surface area contributed by atoms with Crippen molar-refractivity contribution in [1.29, 1.82) is 0 Å². The van der Waals surface area contributed by atoms with Crippen LogP contribution in [0.1, 0.15) is 49.1 Å². The molecule has 0 radical (unpaired) electrons. The van der Waals surface area contributed by atoms with Crippen molar-refractivity contribution < 1.29 is 0 Å². The number of fused-ring (bicyclic) bond motifs is 2. The fourth-order valence-electron chi connectivity index (χ4n) is 4.50. The molecule has 1 aliphatic heterocycles. The van der Waals surface area contributed by atoms with Gasteiger partial charge >= 0.3 is 0 Å². The second-order valence-corrected chi connectivity index (χ2v) is 7.78. The van der Waals surface area contributed by atoms with Crippen LogP contribution in [0.4, 0.5) is 5.82 Å². The lowest BCUT2D eigenvalue weighted by molar-refractivity contribution is 0.574. The molecular weight excluding hydrogens is 356 g/mol. The van der Waals surface area contributed by atoms with Crippen molar-refractivity contribution in [2.24, 2.45) is 0 Å². The van der Waals surface area contributed by atoms with Gasteiger partial charge in [0.25, 0.3) is 0 Å². The number of anilines is 1. The zero-order chi connectivity index (χ0) is 17.5. The summed E-state index contributed by atoms with van der Waals surface area (Å²) in [7, 11) is 0. The third-order valence-corrected chi connectivity index (χ3v) is 5.89. The van der Waals surface area contributed by atoms with Gasteiger partial charge in [-0.05, 0) is 80.7 Å². The van der Waals surface area contributed by atoms with Gasteiger partial charge in [-0.25, -0.2) is 9.97 Å². The summed E-state index contributed by atoms with van der Waals surface area (Å²) in [4.78, 5) is 15.6. The van der Waals surface area contributed by atoms with Crippen molar-refractivity contribution in [3.05, 3.63) is 41.2 Å². The van der Waals surface area contributed by atoms with Crippen LogP contribution in [-0.2, 0) is 12.8 Å². The van der Waals surface area contributed by atoms with Gasteiger partial charge in [0.1, 0.15) is 11.3 Å². The van der Waals surface area contributed by atoms with E-state index in [-0.39, 0.29) is 12.4 Å². The van der Waals surface area contributed by atoms with Crippen LogP contribution >= 0.6 is 12.4 Å². The molecule has 0 amide bonds. The SMILES string of the molecule is Cc1nc(N2CCCCC2)c2[nH]c(-c3ccc4c(c3)CCCC4)cc2n1.Cl. The van der Waals surface area contributed by atoms with Crippen molar-refractivity contribution >= 4 is 29.3 Å². The minimum absolute atomic E-state index is 0. The second kappa shape index (κ2) is 7.51. The van der Waals surface area contributed by atoms with E-state index in [9.17, 15) is 0 Å². The molecule has 2 aromatic heterocycles. The number of hydrogen-bond donors (Lipinski definition) is 1. The Hall–Kier alpha value is -2.07. The van der Waals surface area contributed by atoms with E-state index in [2.05, 4.69) is 34.1 Å². The molecular formula is C22H27ClN4. The van der Waals surface area contributed by atoms with Gasteiger partial charge in [-0.15, -0.1) is 12.4 Å². The highest BCUT2D eigenvalue weighted by atomic mass is 35.5. The molecule has 1 fully saturated rings. The molecule has 5 heteroatoms. The smallest absolute Gasteiger partial charge is 0.156 e. The van der Waals surface area contributed by atoms with Crippen LogP contribution < -0.4 is 4.90 Å². The lowest BCUT2D eigenvalue weighted by atomic mass is 9.90. The van der Waals surface area contributed by atoms with Crippen LogP contribution in [-0.4, -0.2) is 28.0 Å². The van der Waals surface area contributed by atoms with Crippen LogP contribution in [0.25, 0.3) is 22.3 Å². The van der Waals surface area contributed by atoms with E-state index in [0.29, 0.717) is 0 Å². The number of benzene rings is 1. The van der Waals surface area contributed by atoms with E-state index >= 15 is 0 Å². The summed E-state index contributed by atoms with van der Waals surface area (Å²) in [6.07, 6.45) is 8.91. The lowest BCUT2D eigenvalue weighted by Gasteiger charge is -2.28. The zero-order valence-corrected chi connectivity index (χ0v) is 16.7. The highest BCUT2D eigenvalue weighted by molar-refractivity contribution is 5.91. The highest BCUT2D eigenvalue weighted by Crippen LogP contribution is 2.32. The van der Waals surface area contributed by atoms with Crippen LogP contribution in [0.3, 0.4) is 0 Å². The Bertz CT molecular complexity index is 956. The van der Waals surface area contributed by atoms with Crippen molar-refractivity contribution in [2.75, 3.05) is 18.0 Å². The lowest BCUT2D eigenvalue weighted by Crippen LogP contribution is -2.30. The molecule has 142 valence electrons. The Morgan fingerprint density at radius 1 is 0.889 bits per heavy atom. The van der Waals surface area contributed by atoms with Gasteiger partial charge in [0.15, 0.2) is 5.82 Å². The molecule has 3 heterocycles. The number of halogens is 1. The van der Waals surface area contributed by atoms with Gasteiger partial charge in [-0.3, -0.25) is 0 Å². The Morgan fingerprint density at radius 3 is 2.48 bits per heavy atom. The summed E-state index contributed by atoms with van der Waals surface area (Å²) < 4.78 is 0. The molecule has 0 saturated carbocycles. The predicted molar refractivity (Wildman–Crippen MR) is 114 cm³/mol. The standard InChI is InChI=1S/C22H26N4.ClH/c1-15-23-20-14-19(18-10-9-16-7-3-4-8-17(16)13-18)25-21(20)22(24-15)26-11-5-2-6-12-26;/h9-10,13-14,25H,2-8,11-12H2,1H3;1H. The maximum absolute atomic E-state index is 4.79. The van der Waals surface area contributed by atoms with Gasteiger partial charge in [-0.2, -0.15) is 0 Å². The van der Waals surface area contributed by atoms with Crippen LogP contribution in [0, 0.1) is 6.92 Å². The van der Waals surface area contributed by atoms with Crippen LogP contribution in [0.5, 0.6) is 0 Å². The minimum Gasteiger partial charge on any atom is -0.355 e. The molecule has 0 spiro atoms. The first kappa shape index (κ1) is 18.3. The normalized spacial score (nSPS) is 16.9. The molecule has 1 N–H and O–H groups in total. The molecule has 27 heavy (non-hydrogen) atoms. The molecule has 5 rings (SSSR count). The van der Waals surface area contributed by atoms with E-state index in [4.69, 9.17) is 9.97 Å². The summed E-state index contributed by atoms with van der Waals surface area (Å²) in [5, 5.41) is 0. The molecule has 1 saturated heterocycles. The fraction of sp³-hybridized carbons (Fsp3) is 0.455. The Morgan fingerprint density at radius 2 is 1.67 bits per heavy atom. The third kappa shape index (κ3) is 3.43. The average Bonchev–Trinajstić information content (AvgIpc) is 3.11. The number of rotatable bonds is 2. The minimum atomic E-state index is 0. The van der Waals surface area contributed by atoms with Gasteiger partial charge in [0, 0.05) is 18.8 Å². The Labute approximate surface area is 166 Å². The van der Waals surface area contributed by atoms with E-state index in [1.54, 1.807) is 0 Å². The van der Waals surface area contributed by atoms with Crippen LogP contribution in [0.2, 0.25) is 0 Å². The fourth-order valence-corrected chi connectivity index (χ4v) is 4.50. The maximum Gasteiger partial charge on any atom is 0.156 e. The van der Waals surface area contributed by atoms with Gasteiger partial charge < -0.3 is 9.88 Å². The van der Waals surface area contributed by atoms with Crippen molar-refractivity contribution in [2.45, 2.75) is 51.9 Å². The van der Waals surface area contributed by atoms with Crippen molar-refractivity contribution in [3.8, 4) is 11.3 Å². The zero-order valence-electron chi connectivity index (χ0n) is 15.9. The number of nitrogens with one attached hydrogen (secondary N) is 1. The molecule has 2 aliphatic rings. The topological polar surface area (TPSA) is 44.8 Å². The summed E-state index contributed by atoms with van der Waals surface area (Å²) in [5.41, 5.74) is 7.60. The number of piperidine rings is 1. The van der Waals surface area contributed by atoms with Gasteiger partial charge in [0.2, 0.25) is 0 Å². The summed E-state index contributed by atoms with van der Waals surface area (Å²) in [5.74, 6) is 1.94. The number of H-pyrrole nitrogens is 1. The first-order chi connectivity index (χ1) is 12.8. The average molecular weight is 383 g/mol. The number of aromatic amines is 1. The van der Waals surface area contributed by atoms with E-state index in [1.165, 1.54) is 61.6 Å². The quantitative estimate of drug-likeness (QED) is 0.660. The van der Waals surface area contributed by atoms with Crippen molar-refractivity contribution in [3.63, 3.8) is 0 Å². The largest absolute Gasteiger partial charge is 0.355 e. The molecule has 0 atom stereocenters. The van der Waals surface area contributed by atoms with Crippen molar-refractivity contribution in [1.82, 2.24) is 15.0 Å². The van der Waals surface area contributed by atoms with Gasteiger partial charge in [-0.1, -0.05) is 12.1 Å². The number of aromatic nitrogens is 3. The van der Waals surface area contributed by atoms with E-state index in [1.807, 2.05) is 6.92 Å². The molecule has 1 aromatic carbocycles. The van der Waals surface area contributed by atoms with Gasteiger partial charge in [0.05, 0.1) is 5.52 Å². The first-order valence-corrected chi connectivity index (χ1v) is 10.0. The number of nitrogens with zero attached hydrogens (tertiary/aromatic N) is 3. The first-order valence-electron chi connectivity index (χ1n) is 10.0. The van der Waals surface area contributed by atoms with E-state index in [0.717, 1.165) is 41.5 Å².